The van der Waals surface area contributed by atoms with Crippen molar-refractivity contribution in [1.82, 2.24) is 14.9 Å². The van der Waals surface area contributed by atoms with Gasteiger partial charge in [0, 0.05) is 25.7 Å². The summed E-state index contributed by atoms with van der Waals surface area (Å²) in [4.78, 5) is 4.25. The Morgan fingerprint density at radius 3 is 2.76 bits per heavy atom. The Morgan fingerprint density at radius 1 is 1.12 bits per heavy atom. The van der Waals surface area contributed by atoms with Crippen molar-refractivity contribution in [3.8, 4) is 0 Å². The molecule has 1 N–H and O–H groups in total. The predicted octanol–water partition coefficient (Wildman–Crippen LogP) is 3.96. The summed E-state index contributed by atoms with van der Waals surface area (Å²) in [6, 6.07) is 12.2. The highest BCUT2D eigenvalue weighted by atomic mass is 16.5. The first-order chi connectivity index (χ1) is 12.3. The minimum atomic E-state index is 0.164. The molecule has 134 valence electrons. The van der Waals surface area contributed by atoms with E-state index in [1.54, 1.807) is 0 Å². The number of aromatic nitrogens is 2. The standard InChI is InChI=1S/C21H29N3O/c1-24-15-22-14-20(24)21-13-17(11-12-25-21)23-19-10-6-5-9-18(19)16-7-3-2-4-8-16/h2-4,7-8,14-15,17-19,21,23H,5-6,9-13H2,1H3. The van der Waals surface area contributed by atoms with Gasteiger partial charge in [-0.3, -0.25) is 0 Å². The lowest BCUT2D eigenvalue weighted by atomic mass is 9.79. The fourth-order valence-corrected chi connectivity index (χ4v) is 4.56. The van der Waals surface area contributed by atoms with E-state index in [0.717, 1.165) is 19.4 Å². The summed E-state index contributed by atoms with van der Waals surface area (Å²) >= 11 is 0. The Balaban J connectivity index is 1.44. The van der Waals surface area contributed by atoms with Gasteiger partial charge in [-0.1, -0.05) is 43.2 Å². The number of rotatable bonds is 4. The molecule has 4 heteroatoms. The molecule has 4 unspecified atom stereocenters. The van der Waals surface area contributed by atoms with Crippen molar-refractivity contribution < 1.29 is 4.74 Å². The van der Waals surface area contributed by atoms with Gasteiger partial charge in [0.25, 0.3) is 0 Å². The first kappa shape index (κ1) is 16.8. The van der Waals surface area contributed by atoms with Crippen LogP contribution in [0.2, 0.25) is 0 Å². The van der Waals surface area contributed by atoms with Crippen LogP contribution in [-0.4, -0.2) is 28.2 Å². The van der Waals surface area contributed by atoms with Crippen LogP contribution in [-0.2, 0) is 11.8 Å². The zero-order valence-electron chi connectivity index (χ0n) is 15.1. The van der Waals surface area contributed by atoms with Crippen LogP contribution in [0.15, 0.2) is 42.9 Å². The molecule has 2 aliphatic rings. The summed E-state index contributed by atoms with van der Waals surface area (Å²) < 4.78 is 8.12. The Labute approximate surface area is 150 Å². The number of benzene rings is 1. The van der Waals surface area contributed by atoms with E-state index in [-0.39, 0.29) is 6.10 Å². The average Bonchev–Trinajstić information content (AvgIpc) is 3.09. The monoisotopic (exact) mass is 339 g/mol. The van der Waals surface area contributed by atoms with Crippen LogP contribution in [0, 0.1) is 0 Å². The molecule has 4 atom stereocenters. The summed E-state index contributed by atoms with van der Waals surface area (Å²) in [6.45, 7) is 0.830. The molecule has 25 heavy (non-hydrogen) atoms. The number of hydrogen-bond acceptors (Lipinski definition) is 3. The summed E-state index contributed by atoms with van der Waals surface area (Å²) in [5, 5.41) is 4.01. The molecule has 2 fully saturated rings. The third kappa shape index (κ3) is 3.80. The average molecular weight is 339 g/mol. The largest absolute Gasteiger partial charge is 0.372 e. The number of imidazole rings is 1. The number of nitrogens with zero attached hydrogens (tertiary/aromatic N) is 2. The Morgan fingerprint density at radius 2 is 1.96 bits per heavy atom. The van der Waals surface area contributed by atoms with Crippen molar-refractivity contribution in [1.29, 1.82) is 0 Å². The third-order valence-electron chi connectivity index (χ3n) is 5.91. The van der Waals surface area contributed by atoms with Gasteiger partial charge in [-0.05, 0) is 37.2 Å². The van der Waals surface area contributed by atoms with Crippen molar-refractivity contribution in [2.75, 3.05) is 6.61 Å². The maximum atomic E-state index is 6.03. The fraction of sp³-hybridized carbons (Fsp3) is 0.571. The van der Waals surface area contributed by atoms with E-state index in [0.29, 0.717) is 18.0 Å². The highest BCUT2D eigenvalue weighted by Gasteiger charge is 2.31. The topological polar surface area (TPSA) is 39.1 Å². The van der Waals surface area contributed by atoms with Crippen LogP contribution in [0.25, 0.3) is 0 Å². The maximum absolute atomic E-state index is 6.03. The first-order valence-electron chi connectivity index (χ1n) is 9.70. The van der Waals surface area contributed by atoms with E-state index in [9.17, 15) is 0 Å². The van der Waals surface area contributed by atoms with Gasteiger partial charge < -0.3 is 14.6 Å². The van der Waals surface area contributed by atoms with Crippen molar-refractivity contribution >= 4 is 0 Å². The number of aryl methyl sites for hydroxylation is 1. The summed E-state index contributed by atoms with van der Waals surface area (Å²) in [7, 11) is 2.05. The Kier molecular flexibility index (Phi) is 5.18. The summed E-state index contributed by atoms with van der Waals surface area (Å²) in [5.74, 6) is 0.646. The molecule has 1 saturated heterocycles. The Bertz CT molecular complexity index is 669. The zero-order valence-corrected chi connectivity index (χ0v) is 15.1. The normalized spacial score (nSPS) is 30.3. The molecule has 0 bridgehead atoms. The van der Waals surface area contributed by atoms with E-state index < -0.39 is 0 Å². The maximum Gasteiger partial charge on any atom is 0.100 e. The molecule has 1 aromatic carbocycles. The minimum absolute atomic E-state index is 0.164. The molecule has 1 aliphatic carbocycles. The molecule has 0 spiro atoms. The smallest absolute Gasteiger partial charge is 0.100 e. The second kappa shape index (κ2) is 7.71. The van der Waals surface area contributed by atoms with Gasteiger partial charge in [-0.15, -0.1) is 0 Å². The predicted molar refractivity (Wildman–Crippen MR) is 99.5 cm³/mol. The highest BCUT2D eigenvalue weighted by molar-refractivity contribution is 5.22. The van der Waals surface area contributed by atoms with Crippen molar-refractivity contribution in [2.24, 2.45) is 7.05 Å². The molecule has 1 aromatic heterocycles. The van der Waals surface area contributed by atoms with Crippen LogP contribution in [0.4, 0.5) is 0 Å². The van der Waals surface area contributed by atoms with E-state index in [4.69, 9.17) is 4.74 Å². The van der Waals surface area contributed by atoms with Crippen LogP contribution in [0.3, 0.4) is 0 Å². The number of hydrogen-bond donors (Lipinski definition) is 1. The minimum Gasteiger partial charge on any atom is -0.372 e. The molecule has 4 rings (SSSR count). The van der Waals surface area contributed by atoms with Gasteiger partial charge in [-0.25, -0.2) is 4.98 Å². The van der Waals surface area contributed by atoms with E-state index in [2.05, 4.69) is 52.2 Å². The highest BCUT2D eigenvalue weighted by Crippen LogP contribution is 2.35. The second-order valence-electron chi connectivity index (χ2n) is 7.58. The quantitative estimate of drug-likeness (QED) is 0.916. The molecule has 4 nitrogen and oxygen atoms in total. The lowest BCUT2D eigenvalue weighted by Crippen LogP contribution is -2.46. The van der Waals surface area contributed by atoms with Crippen molar-refractivity contribution in [3.63, 3.8) is 0 Å². The lowest BCUT2D eigenvalue weighted by molar-refractivity contribution is -0.00697. The van der Waals surface area contributed by atoms with Gasteiger partial charge in [0.2, 0.25) is 0 Å². The number of ether oxygens (including phenoxy) is 1. The molecule has 2 heterocycles. The van der Waals surface area contributed by atoms with Crippen LogP contribution in [0.1, 0.15) is 61.8 Å². The third-order valence-corrected chi connectivity index (χ3v) is 5.91. The summed E-state index contributed by atoms with van der Waals surface area (Å²) in [6.07, 6.45) is 11.4. The zero-order chi connectivity index (χ0) is 17.1. The molecule has 0 amide bonds. The van der Waals surface area contributed by atoms with Gasteiger partial charge in [0.1, 0.15) is 6.10 Å². The molecule has 2 aromatic rings. The molecule has 1 aliphatic heterocycles. The first-order valence-corrected chi connectivity index (χ1v) is 9.70. The fourth-order valence-electron chi connectivity index (χ4n) is 4.56. The second-order valence-corrected chi connectivity index (χ2v) is 7.58. The van der Waals surface area contributed by atoms with Crippen LogP contribution >= 0.6 is 0 Å². The number of nitrogens with one attached hydrogen (secondary N) is 1. The van der Waals surface area contributed by atoms with Gasteiger partial charge in [0.05, 0.1) is 18.2 Å². The van der Waals surface area contributed by atoms with Crippen LogP contribution < -0.4 is 5.32 Å². The SMILES string of the molecule is Cn1cncc1C1CC(NC2CCCCC2c2ccccc2)CCO1. The van der Waals surface area contributed by atoms with Crippen molar-refractivity contribution in [3.05, 3.63) is 54.1 Å². The Hall–Kier alpha value is -1.65. The van der Waals surface area contributed by atoms with E-state index in [1.165, 1.54) is 36.9 Å². The van der Waals surface area contributed by atoms with Crippen LogP contribution in [0.5, 0.6) is 0 Å². The molecular formula is C21H29N3O. The molecule has 0 radical (unpaired) electrons. The summed E-state index contributed by atoms with van der Waals surface area (Å²) in [5.41, 5.74) is 2.68. The van der Waals surface area contributed by atoms with Gasteiger partial charge in [0.15, 0.2) is 0 Å². The lowest BCUT2D eigenvalue weighted by Gasteiger charge is -2.38. The van der Waals surface area contributed by atoms with E-state index >= 15 is 0 Å². The molecule has 1 saturated carbocycles. The van der Waals surface area contributed by atoms with Gasteiger partial charge >= 0.3 is 0 Å². The molecular weight excluding hydrogens is 310 g/mol. The van der Waals surface area contributed by atoms with Crippen molar-refractivity contribution in [2.45, 2.75) is 62.6 Å². The van der Waals surface area contributed by atoms with Gasteiger partial charge in [-0.2, -0.15) is 0 Å². The van der Waals surface area contributed by atoms with E-state index in [1.807, 2.05) is 12.5 Å².